The van der Waals surface area contributed by atoms with Gasteiger partial charge in [0.05, 0.1) is 45.7 Å². The maximum absolute atomic E-state index is 12.4. The minimum absolute atomic E-state index is 0.316. The minimum Gasteiger partial charge on any atom is -0.465 e. The second kappa shape index (κ2) is 7.90. The van der Waals surface area contributed by atoms with Crippen LogP contribution in [0.3, 0.4) is 0 Å². The van der Waals surface area contributed by atoms with E-state index in [0.29, 0.717) is 33.2 Å². The number of rotatable bonds is 5. The lowest BCUT2D eigenvalue weighted by Gasteiger charge is -2.21. The summed E-state index contributed by atoms with van der Waals surface area (Å²) < 4.78 is 25.4. The van der Waals surface area contributed by atoms with Crippen LogP contribution in [0.25, 0.3) is 11.1 Å². The van der Waals surface area contributed by atoms with Crippen molar-refractivity contribution in [2.24, 2.45) is 0 Å². The molecule has 0 aliphatic heterocycles. The Labute approximate surface area is 160 Å². The van der Waals surface area contributed by atoms with E-state index < -0.39 is 21.7 Å². The highest BCUT2D eigenvalue weighted by Gasteiger charge is 2.28. The van der Waals surface area contributed by atoms with Crippen LogP contribution in [0.15, 0.2) is 22.7 Å². The molecule has 142 valence electrons. The molecule has 0 amide bonds. The summed E-state index contributed by atoms with van der Waals surface area (Å²) in [6.07, 6.45) is 0. The molecule has 2 rings (SSSR count). The molecule has 1 aromatic heterocycles. The van der Waals surface area contributed by atoms with E-state index in [-0.39, 0.29) is 6.04 Å². The van der Waals surface area contributed by atoms with E-state index in [1.165, 1.54) is 7.11 Å². The lowest BCUT2D eigenvalue weighted by molar-refractivity contribution is 0.0601. The third-order valence-electron chi connectivity index (χ3n) is 3.78. The fourth-order valence-electron chi connectivity index (χ4n) is 2.41. The number of esters is 1. The van der Waals surface area contributed by atoms with Crippen molar-refractivity contribution in [3.63, 3.8) is 0 Å². The SMILES string of the molecule is COC(=O)c1cc(Cl)ccc1-c1c(C)noc1[C@H](C)NS(=O)C(C)(C)C. The van der Waals surface area contributed by atoms with E-state index in [9.17, 15) is 9.00 Å². The van der Waals surface area contributed by atoms with Crippen LogP contribution in [-0.2, 0) is 15.7 Å². The summed E-state index contributed by atoms with van der Waals surface area (Å²) in [6.45, 7) is 9.25. The van der Waals surface area contributed by atoms with Gasteiger partial charge in [0.15, 0.2) is 5.76 Å². The number of hydrogen-bond donors (Lipinski definition) is 1. The van der Waals surface area contributed by atoms with E-state index in [1.54, 1.807) is 25.1 Å². The fourth-order valence-corrected chi connectivity index (χ4v) is 3.37. The molecule has 0 fully saturated rings. The predicted molar refractivity (Wildman–Crippen MR) is 102 cm³/mol. The number of methoxy groups -OCH3 is 1. The summed E-state index contributed by atoms with van der Waals surface area (Å²) in [5, 5.41) is 4.45. The summed E-state index contributed by atoms with van der Waals surface area (Å²) in [6, 6.07) is 4.58. The molecule has 0 aliphatic rings. The lowest BCUT2D eigenvalue weighted by Crippen LogP contribution is -2.34. The quantitative estimate of drug-likeness (QED) is 0.763. The maximum Gasteiger partial charge on any atom is 0.338 e. The number of carbonyl (C=O) groups is 1. The lowest BCUT2D eigenvalue weighted by atomic mass is 9.96. The van der Waals surface area contributed by atoms with Crippen LogP contribution in [0.2, 0.25) is 5.02 Å². The number of hydrogen-bond acceptors (Lipinski definition) is 5. The highest BCUT2D eigenvalue weighted by Crippen LogP contribution is 2.35. The molecular formula is C18H23ClN2O4S. The van der Waals surface area contributed by atoms with Crippen molar-refractivity contribution in [1.82, 2.24) is 9.88 Å². The molecule has 0 aliphatic carbocycles. The Morgan fingerprint density at radius 3 is 2.62 bits per heavy atom. The topological polar surface area (TPSA) is 81.4 Å². The zero-order valence-electron chi connectivity index (χ0n) is 15.7. The number of aromatic nitrogens is 1. The molecule has 0 saturated heterocycles. The predicted octanol–water partition coefficient (Wildman–Crippen LogP) is 4.20. The highest BCUT2D eigenvalue weighted by molar-refractivity contribution is 7.84. The van der Waals surface area contributed by atoms with Crippen LogP contribution in [0.4, 0.5) is 0 Å². The average molecular weight is 399 g/mol. The second-order valence-corrected chi connectivity index (χ2v) is 9.34. The van der Waals surface area contributed by atoms with Crippen molar-refractivity contribution in [3.8, 4) is 11.1 Å². The van der Waals surface area contributed by atoms with Crippen molar-refractivity contribution in [2.75, 3.05) is 7.11 Å². The van der Waals surface area contributed by atoms with Gasteiger partial charge in [-0.3, -0.25) is 0 Å². The van der Waals surface area contributed by atoms with Gasteiger partial charge in [-0.05, 0) is 46.8 Å². The van der Waals surface area contributed by atoms with Crippen LogP contribution in [0.1, 0.15) is 55.5 Å². The molecule has 1 aromatic carbocycles. The number of halogens is 1. The van der Waals surface area contributed by atoms with Crippen molar-refractivity contribution in [3.05, 3.63) is 40.2 Å². The van der Waals surface area contributed by atoms with Gasteiger partial charge >= 0.3 is 5.97 Å². The van der Waals surface area contributed by atoms with Crippen molar-refractivity contribution in [2.45, 2.75) is 45.4 Å². The molecule has 2 atom stereocenters. The van der Waals surface area contributed by atoms with Crippen LogP contribution in [0.5, 0.6) is 0 Å². The van der Waals surface area contributed by atoms with E-state index in [4.69, 9.17) is 20.9 Å². The Hall–Kier alpha value is -1.70. The first-order valence-electron chi connectivity index (χ1n) is 8.08. The van der Waals surface area contributed by atoms with Crippen LogP contribution >= 0.6 is 11.6 Å². The molecule has 0 saturated carbocycles. The first-order chi connectivity index (χ1) is 12.1. The minimum atomic E-state index is -1.29. The van der Waals surface area contributed by atoms with Gasteiger partial charge in [-0.25, -0.2) is 13.7 Å². The number of ether oxygens (including phenoxy) is 1. The first-order valence-corrected chi connectivity index (χ1v) is 9.61. The van der Waals surface area contributed by atoms with Crippen LogP contribution in [0, 0.1) is 6.92 Å². The molecule has 1 heterocycles. The summed E-state index contributed by atoms with van der Waals surface area (Å²) in [5.74, 6) is -0.0134. The number of nitrogens with one attached hydrogen (secondary N) is 1. The summed E-state index contributed by atoms with van der Waals surface area (Å²) in [7, 11) is 0.0173. The third kappa shape index (κ3) is 4.34. The Morgan fingerprint density at radius 2 is 2.04 bits per heavy atom. The molecule has 0 spiro atoms. The Kier molecular flexibility index (Phi) is 6.26. The number of carbonyl (C=O) groups excluding carboxylic acids is 1. The second-order valence-electron chi connectivity index (χ2n) is 6.91. The van der Waals surface area contributed by atoms with Crippen molar-refractivity contribution in [1.29, 1.82) is 0 Å². The largest absolute Gasteiger partial charge is 0.465 e. The molecule has 0 radical (unpaired) electrons. The van der Waals surface area contributed by atoms with Crippen LogP contribution in [-0.4, -0.2) is 27.2 Å². The molecule has 0 bridgehead atoms. The number of benzene rings is 1. The van der Waals surface area contributed by atoms with Gasteiger partial charge in [0.1, 0.15) is 0 Å². The zero-order chi connectivity index (χ0) is 19.6. The molecule has 2 aromatic rings. The van der Waals surface area contributed by atoms with Gasteiger partial charge < -0.3 is 9.26 Å². The molecule has 8 heteroatoms. The Morgan fingerprint density at radius 1 is 1.38 bits per heavy atom. The summed E-state index contributed by atoms with van der Waals surface area (Å²) in [4.78, 5) is 12.2. The average Bonchev–Trinajstić information content (AvgIpc) is 2.94. The maximum atomic E-state index is 12.4. The van der Waals surface area contributed by atoms with E-state index in [0.717, 1.165) is 0 Å². The number of aryl methyl sites for hydroxylation is 1. The smallest absolute Gasteiger partial charge is 0.338 e. The van der Waals surface area contributed by atoms with E-state index in [2.05, 4.69) is 9.88 Å². The summed E-state index contributed by atoms with van der Waals surface area (Å²) >= 11 is 6.04. The molecule has 1 unspecified atom stereocenters. The van der Waals surface area contributed by atoms with Gasteiger partial charge in [-0.15, -0.1) is 0 Å². The van der Waals surface area contributed by atoms with Gasteiger partial charge in [0.25, 0.3) is 0 Å². The van der Waals surface area contributed by atoms with Gasteiger partial charge in [0.2, 0.25) is 0 Å². The third-order valence-corrected chi connectivity index (χ3v) is 5.69. The van der Waals surface area contributed by atoms with Crippen molar-refractivity contribution < 1.29 is 18.3 Å². The van der Waals surface area contributed by atoms with Crippen LogP contribution < -0.4 is 4.72 Å². The van der Waals surface area contributed by atoms with E-state index in [1.807, 2.05) is 27.7 Å². The highest BCUT2D eigenvalue weighted by atomic mass is 35.5. The van der Waals surface area contributed by atoms with Gasteiger partial charge in [-0.1, -0.05) is 22.8 Å². The summed E-state index contributed by atoms with van der Waals surface area (Å²) in [5.41, 5.74) is 2.19. The standard InChI is InChI=1S/C18H23ClN2O4S/c1-10-15(13-8-7-12(19)9-14(13)17(22)24-6)16(25-20-10)11(2)21-26(23)18(3,4)5/h7-9,11,21H,1-6H3/t11-,26?/m0/s1. The fraction of sp³-hybridized carbons (Fsp3) is 0.444. The molecule has 6 nitrogen and oxygen atoms in total. The van der Waals surface area contributed by atoms with Gasteiger partial charge in [-0.2, -0.15) is 0 Å². The molecular weight excluding hydrogens is 376 g/mol. The zero-order valence-corrected chi connectivity index (χ0v) is 17.2. The first kappa shape index (κ1) is 20.6. The normalized spacial score (nSPS) is 14.1. The van der Waals surface area contributed by atoms with Gasteiger partial charge in [0, 0.05) is 10.6 Å². The number of nitrogens with zero attached hydrogens (tertiary/aromatic N) is 1. The Balaban J connectivity index is 2.52. The molecule has 26 heavy (non-hydrogen) atoms. The van der Waals surface area contributed by atoms with Crippen molar-refractivity contribution >= 4 is 28.6 Å². The monoisotopic (exact) mass is 398 g/mol. The Bertz CT molecular complexity index is 842. The molecule has 1 N–H and O–H groups in total. The van der Waals surface area contributed by atoms with E-state index >= 15 is 0 Å².